The molecule has 1 amide bonds. The number of esters is 1. The van der Waals surface area contributed by atoms with Crippen LogP contribution in [0.15, 0.2) is 39.5 Å². The monoisotopic (exact) mass is 340 g/mol. The molecule has 1 aromatic heterocycles. The van der Waals surface area contributed by atoms with E-state index in [4.69, 9.17) is 9.15 Å². The Morgan fingerprint density at radius 3 is 2.80 bits per heavy atom. The van der Waals surface area contributed by atoms with Gasteiger partial charge in [-0.2, -0.15) is 5.26 Å². The van der Waals surface area contributed by atoms with Gasteiger partial charge in [0.1, 0.15) is 11.1 Å². The molecule has 0 bridgehead atoms. The van der Waals surface area contributed by atoms with Gasteiger partial charge in [0, 0.05) is 6.07 Å². The molecule has 1 atom stereocenters. The Hall–Kier alpha value is -3.14. The van der Waals surface area contributed by atoms with Crippen LogP contribution in [-0.2, 0) is 9.53 Å². The highest BCUT2D eigenvalue weighted by Crippen LogP contribution is 2.39. The maximum atomic E-state index is 12.0. The minimum Gasteiger partial charge on any atom is -0.450 e. The van der Waals surface area contributed by atoms with E-state index >= 15 is 0 Å². The summed E-state index contributed by atoms with van der Waals surface area (Å²) < 4.78 is 10.2. The van der Waals surface area contributed by atoms with Crippen LogP contribution in [0.2, 0.25) is 0 Å². The molecule has 128 valence electrons. The topological polar surface area (TPSA) is 109 Å². The predicted molar refractivity (Wildman–Crippen MR) is 87.7 cm³/mol. The molecule has 7 heteroatoms. The second-order valence-electron chi connectivity index (χ2n) is 6.18. The smallest absolute Gasteiger partial charge is 0.374 e. The maximum Gasteiger partial charge on any atom is 0.374 e. The first-order valence-electron chi connectivity index (χ1n) is 7.85. The quantitative estimate of drug-likeness (QED) is 0.831. The number of amides is 1. The standard InChI is InChI=1S/C18H16N2O5/c1-18(10-19,11-6-7-11)20-16(22)9-24-17(23)15-8-13(21)12-4-2-3-5-14(12)25-15/h2-5,8,11H,6-7,9H2,1H3,(H,20,22)/t18-/m0/s1. The molecule has 0 unspecified atom stereocenters. The van der Waals surface area contributed by atoms with Gasteiger partial charge in [-0.15, -0.1) is 0 Å². The highest BCUT2D eigenvalue weighted by atomic mass is 16.5. The van der Waals surface area contributed by atoms with Crippen molar-refractivity contribution in [3.8, 4) is 6.07 Å². The van der Waals surface area contributed by atoms with Crippen LogP contribution in [-0.4, -0.2) is 24.0 Å². The Kier molecular flexibility index (Phi) is 4.28. The van der Waals surface area contributed by atoms with Crippen LogP contribution in [0.5, 0.6) is 0 Å². The number of ether oxygens (including phenoxy) is 1. The van der Waals surface area contributed by atoms with Crippen LogP contribution in [0.4, 0.5) is 0 Å². The van der Waals surface area contributed by atoms with Crippen LogP contribution in [0.1, 0.15) is 30.3 Å². The minimum atomic E-state index is -0.959. The average Bonchev–Trinajstić information content (AvgIpc) is 3.45. The predicted octanol–water partition coefficient (Wildman–Crippen LogP) is 1.76. The number of fused-ring (bicyclic) bond motifs is 1. The third kappa shape index (κ3) is 3.53. The lowest BCUT2D eigenvalue weighted by atomic mass is 9.98. The number of rotatable bonds is 5. The Labute approximate surface area is 143 Å². The number of carbonyl (C=O) groups excluding carboxylic acids is 2. The number of nitrogens with one attached hydrogen (secondary N) is 1. The number of hydrogen-bond donors (Lipinski definition) is 1. The third-order valence-corrected chi connectivity index (χ3v) is 4.20. The summed E-state index contributed by atoms with van der Waals surface area (Å²) in [5.74, 6) is -1.65. The number of nitriles is 1. The molecule has 1 N–H and O–H groups in total. The van der Waals surface area contributed by atoms with Gasteiger partial charge >= 0.3 is 5.97 Å². The number of nitrogens with zero attached hydrogens (tertiary/aromatic N) is 1. The van der Waals surface area contributed by atoms with E-state index in [1.807, 2.05) is 0 Å². The van der Waals surface area contributed by atoms with Crippen molar-refractivity contribution in [2.24, 2.45) is 5.92 Å². The van der Waals surface area contributed by atoms with Crippen LogP contribution in [0.3, 0.4) is 0 Å². The van der Waals surface area contributed by atoms with Gasteiger partial charge in [0.05, 0.1) is 11.5 Å². The molecule has 1 saturated carbocycles. The molecule has 1 aliphatic rings. The summed E-state index contributed by atoms with van der Waals surface area (Å²) in [5, 5.41) is 12.1. The van der Waals surface area contributed by atoms with Crippen molar-refractivity contribution in [3.05, 3.63) is 46.3 Å². The summed E-state index contributed by atoms with van der Waals surface area (Å²) >= 11 is 0. The molecule has 2 aromatic rings. The van der Waals surface area contributed by atoms with E-state index in [0.717, 1.165) is 18.9 Å². The van der Waals surface area contributed by atoms with Crippen molar-refractivity contribution in [2.45, 2.75) is 25.3 Å². The van der Waals surface area contributed by atoms with Gasteiger partial charge in [-0.05, 0) is 37.8 Å². The number of carbonyl (C=O) groups is 2. The summed E-state index contributed by atoms with van der Waals surface area (Å²) in [6.07, 6.45) is 1.76. The highest BCUT2D eigenvalue weighted by molar-refractivity contribution is 5.90. The molecular formula is C18H16N2O5. The first-order chi connectivity index (χ1) is 11.9. The largest absolute Gasteiger partial charge is 0.450 e. The Bertz CT molecular complexity index is 938. The van der Waals surface area contributed by atoms with Crippen molar-refractivity contribution >= 4 is 22.8 Å². The summed E-state index contributed by atoms with van der Waals surface area (Å²) in [7, 11) is 0. The fraction of sp³-hybridized carbons (Fsp3) is 0.333. The number of hydrogen-bond acceptors (Lipinski definition) is 6. The van der Waals surface area contributed by atoms with Crippen molar-refractivity contribution in [3.63, 3.8) is 0 Å². The van der Waals surface area contributed by atoms with Gasteiger partial charge in [0.15, 0.2) is 12.0 Å². The normalized spacial score (nSPS) is 15.8. The van der Waals surface area contributed by atoms with Gasteiger partial charge < -0.3 is 14.5 Å². The molecule has 25 heavy (non-hydrogen) atoms. The van der Waals surface area contributed by atoms with E-state index < -0.39 is 24.0 Å². The molecule has 1 fully saturated rings. The SMILES string of the molecule is C[C@@](C#N)(NC(=O)COC(=O)c1cc(=O)c2ccccc2o1)C1CC1. The van der Waals surface area contributed by atoms with Gasteiger partial charge in [0.25, 0.3) is 5.91 Å². The third-order valence-electron chi connectivity index (χ3n) is 4.20. The number of benzene rings is 1. The van der Waals surface area contributed by atoms with Crippen molar-refractivity contribution < 1.29 is 18.7 Å². The number of para-hydroxylation sites is 1. The zero-order valence-electron chi connectivity index (χ0n) is 13.6. The molecule has 0 spiro atoms. The van der Waals surface area contributed by atoms with Crippen molar-refractivity contribution in [1.82, 2.24) is 5.32 Å². The minimum absolute atomic E-state index is 0.121. The molecule has 0 aliphatic heterocycles. The molecule has 3 rings (SSSR count). The van der Waals surface area contributed by atoms with E-state index in [2.05, 4.69) is 11.4 Å². The van der Waals surface area contributed by atoms with E-state index in [-0.39, 0.29) is 22.7 Å². The fourth-order valence-electron chi connectivity index (χ4n) is 2.61. The van der Waals surface area contributed by atoms with E-state index in [9.17, 15) is 19.6 Å². The van der Waals surface area contributed by atoms with Gasteiger partial charge in [-0.25, -0.2) is 4.79 Å². The Balaban J connectivity index is 1.66. The summed E-state index contributed by atoms with van der Waals surface area (Å²) in [5.41, 5.74) is -1.07. The van der Waals surface area contributed by atoms with Crippen LogP contribution < -0.4 is 10.7 Å². The van der Waals surface area contributed by atoms with E-state index in [1.165, 1.54) is 0 Å². The average molecular weight is 340 g/mol. The second-order valence-corrected chi connectivity index (χ2v) is 6.18. The maximum absolute atomic E-state index is 12.0. The molecular weight excluding hydrogens is 324 g/mol. The van der Waals surface area contributed by atoms with Gasteiger partial charge in [-0.1, -0.05) is 12.1 Å². The molecule has 1 aromatic carbocycles. The van der Waals surface area contributed by atoms with Gasteiger partial charge in [-0.3, -0.25) is 9.59 Å². The zero-order valence-corrected chi connectivity index (χ0v) is 13.6. The first-order valence-corrected chi connectivity index (χ1v) is 7.85. The van der Waals surface area contributed by atoms with Crippen molar-refractivity contribution in [1.29, 1.82) is 5.26 Å². The van der Waals surface area contributed by atoms with Gasteiger partial charge in [0.2, 0.25) is 5.76 Å². The lowest BCUT2D eigenvalue weighted by Gasteiger charge is -2.22. The summed E-state index contributed by atoms with van der Waals surface area (Å²) in [4.78, 5) is 35.9. The van der Waals surface area contributed by atoms with Crippen LogP contribution in [0.25, 0.3) is 11.0 Å². The van der Waals surface area contributed by atoms with Crippen LogP contribution in [0, 0.1) is 17.2 Å². The molecule has 1 heterocycles. The highest BCUT2D eigenvalue weighted by Gasteiger charge is 2.43. The fourth-order valence-corrected chi connectivity index (χ4v) is 2.61. The molecule has 1 aliphatic carbocycles. The zero-order chi connectivity index (χ0) is 18.0. The molecule has 0 saturated heterocycles. The molecule has 0 radical (unpaired) electrons. The molecule has 7 nitrogen and oxygen atoms in total. The Morgan fingerprint density at radius 2 is 2.12 bits per heavy atom. The summed E-state index contributed by atoms with van der Waals surface area (Å²) in [6, 6.07) is 9.63. The van der Waals surface area contributed by atoms with E-state index in [0.29, 0.717) is 5.39 Å². The lowest BCUT2D eigenvalue weighted by Crippen LogP contribution is -2.48. The first kappa shape index (κ1) is 16.7. The summed E-state index contributed by atoms with van der Waals surface area (Å²) in [6.45, 7) is 1.09. The van der Waals surface area contributed by atoms with Crippen LogP contribution >= 0.6 is 0 Å². The van der Waals surface area contributed by atoms with E-state index in [1.54, 1.807) is 31.2 Å². The Morgan fingerprint density at radius 1 is 1.40 bits per heavy atom. The van der Waals surface area contributed by atoms with Crippen molar-refractivity contribution in [2.75, 3.05) is 6.61 Å². The second kappa shape index (κ2) is 6.40. The lowest BCUT2D eigenvalue weighted by molar-refractivity contribution is -0.125.